The monoisotopic (exact) mass is 203 g/mol. The molecule has 0 amide bonds. The predicted octanol–water partition coefficient (Wildman–Crippen LogP) is 2.82. The third-order valence-corrected chi connectivity index (χ3v) is 2.02. The summed E-state index contributed by atoms with van der Waals surface area (Å²) >= 11 is 0. The van der Waals surface area contributed by atoms with E-state index in [1.165, 1.54) is 0 Å². The van der Waals surface area contributed by atoms with E-state index >= 15 is 0 Å². The second-order valence-corrected chi connectivity index (χ2v) is 3.04. The van der Waals surface area contributed by atoms with Crippen molar-refractivity contribution in [1.82, 2.24) is 14.8 Å². The van der Waals surface area contributed by atoms with Gasteiger partial charge in [0.25, 0.3) is 0 Å². The molecule has 0 aliphatic carbocycles. The van der Waals surface area contributed by atoms with Crippen LogP contribution in [0.4, 0.5) is 0 Å². The molecule has 0 fully saturated rings. The van der Waals surface area contributed by atoms with Crippen LogP contribution in [0.5, 0.6) is 0 Å². The molecule has 2 rings (SSSR count). The van der Waals surface area contributed by atoms with Crippen LogP contribution < -0.4 is 0 Å². The van der Waals surface area contributed by atoms with Crippen molar-refractivity contribution in [3.63, 3.8) is 0 Å². The Bertz CT molecular complexity index is 418. The maximum atomic E-state index is 4.23. The zero-order valence-electron chi connectivity index (χ0n) is 9.73. The summed E-state index contributed by atoms with van der Waals surface area (Å²) in [6.07, 6.45) is 5.64. The van der Waals surface area contributed by atoms with Crippen molar-refractivity contribution < 1.29 is 0 Å². The summed E-state index contributed by atoms with van der Waals surface area (Å²) in [5.74, 6) is 0. The topological polar surface area (TPSA) is 30.7 Å². The van der Waals surface area contributed by atoms with Crippen LogP contribution in [-0.2, 0) is 7.05 Å². The average Bonchev–Trinajstić information content (AvgIpc) is 2.68. The molecule has 0 atom stereocenters. The highest BCUT2D eigenvalue weighted by Crippen LogP contribution is 2.19. The first-order valence-corrected chi connectivity index (χ1v) is 5.18. The minimum atomic E-state index is 1.04. The van der Waals surface area contributed by atoms with E-state index in [0.29, 0.717) is 0 Å². The van der Waals surface area contributed by atoms with Gasteiger partial charge in [-0.25, -0.2) is 0 Å². The van der Waals surface area contributed by atoms with Crippen LogP contribution in [0.15, 0.2) is 30.7 Å². The van der Waals surface area contributed by atoms with Crippen molar-refractivity contribution in [3.05, 3.63) is 36.4 Å². The minimum absolute atomic E-state index is 1.04. The number of aryl methyl sites for hydroxylation is 2. The summed E-state index contributed by atoms with van der Waals surface area (Å²) in [7, 11) is 1.91. The number of aromatic nitrogens is 3. The standard InChI is InChI=1S/C10H11N3.C2H6/c1-8-10(4-3-5-11-8)9-6-12-13(2)7-9;1-2/h3-7H,1-2H3;1-2H3. The van der Waals surface area contributed by atoms with Crippen molar-refractivity contribution in [2.75, 3.05) is 0 Å². The van der Waals surface area contributed by atoms with Crippen LogP contribution in [0.2, 0.25) is 0 Å². The molecule has 2 heterocycles. The molecule has 0 aliphatic heterocycles. The molecule has 0 N–H and O–H groups in total. The minimum Gasteiger partial charge on any atom is -0.275 e. The largest absolute Gasteiger partial charge is 0.275 e. The maximum Gasteiger partial charge on any atom is 0.0568 e. The van der Waals surface area contributed by atoms with E-state index in [4.69, 9.17) is 0 Å². The molecule has 3 nitrogen and oxygen atoms in total. The normalized spacial score (nSPS) is 9.33. The van der Waals surface area contributed by atoms with Crippen molar-refractivity contribution in [2.45, 2.75) is 20.8 Å². The second kappa shape index (κ2) is 5.29. The molecule has 2 aromatic heterocycles. The van der Waals surface area contributed by atoms with Crippen LogP contribution in [-0.4, -0.2) is 14.8 Å². The Kier molecular flexibility index (Phi) is 4.03. The number of nitrogens with zero attached hydrogens (tertiary/aromatic N) is 3. The Morgan fingerprint density at radius 2 is 2.00 bits per heavy atom. The number of hydrogen-bond donors (Lipinski definition) is 0. The molecule has 2 aromatic rings. The molecule has 0 aromatic carbocycles. The number of pyridine rings is 1. The summed E-state index contributed by atoms with van der Waals surface area (Å²) in [5, 5.41) is 4.12. The van der Waals surface area contributed by atoms with Gasteiger partial charge in [0, 0.05) is 36.3 Å². The number of rotatable bonds is 1. The molecule has 0 saturated heterocycles. The zero-order chi connectivity index (χ0) is 11.3. The van der Waals surface area contributed by atoms with Crippen molar-refractivity contribution in [2.24, 2.45) is 7.05 Å². The van der Waals surface area contributed by atoms with Gasteiger partial charge in [-0.2, -0.15) is 5.10 Å². The van der Waals surface area contributed by atoms with Crippen LogP contribution in [0.1, 0.15) is 19.5 Å². The molecule has 3 heteroatoms. The fourth-order valence-electron chi connectivity index (χ4n) is 1.35. The highest BCUT2D eigenvalue weighted by Gasteiger charge is 2.02. The maximum absolute atomic E-state index is 4.23. The van der Waals surface area contributed by atoms with E-state index in [1.807, 2.05) is 46.3 Å². The molecule has 0 spiro atoms. The zero-order valence-corrected chi connectivity index (χ0v) is 9.73. The second-order valence-electron chi connectivity index (χ2n) is 3.04. The fraction of sp³-hybridized carbons (Fsp3) is 0.333. The lowest BCUT2D eigenvalue weighted by atomic mass is 10.1. The Labute approximate surface area is 90.8 Å². The van der Waals surface area contributed by atoms with Crippen LogP contribution in [0.25, 0.3) is 11.1 Å². The lowest BCUT2D eigenvalue weighted by Crippen LogP contribution is -1.85. The van der Waals surface area contributed by atoms with Gasteiger partial charge < -0.3 is 0 Å². The van der Waals surface area contributed by atoms with E-state index in [1.54, 1.807) is 10.9 Å². The Hall–Kier alpha value is -1.64. The van der Waals surface area contributed by atoms with Crippen molar-refractivity contribution in [3.8, 4) is 11.1 Å². The van der Waals surface area contributed by atoms with Gasteiger partial charge in [0.05, 0.1) is 6.20 Å². The summed E-state index contributed by atoms with van der Waals surface area (Å²) in [5.41, 5.74) is 3.30. The smallest absolute Gasteiger partial charge is 0.0568 e. The Morgan fingerprint density at radius 1 is 1.27 bits per heavy atom. The van der Waals surface area contributed by atoms with Gasteiger partial charge in [0.15, 0.2) is 0 Å². The third-order valence-electron chi connectivity index (χ3n) is 2.02. The molecule has 80 valence electrons. The van der Waals surface area contributed by atoms with E-state index in [2.05, 4.69) is 16.1 Å². The lowest BCUT2D eigenvalue weighted by Gasteiger charge is -1.99. The summed E-state index contributed by atoms with van der Waals surface area (Å²) in [6, 6.07) is 3.99. The Morgan fingerprint density at radius 3 is 2.53 bits per heavy atom. The number of hydrogen-bond acceptors (Lipinski definition) is 2. The first-order valence-electron chi connectivity index (χ1n) is 5.18. The molecule has 0 aliphatic rings. The third kappa shape index (κ3) is 2.65. The first kappa shape index (κ1) is 11.4. The van der Waals surface area contributed by atoms with Crippen molar-refractivity contribution >= 4 is 0 Å². The van der Waals surface area contributed by atoms with E-state index in [-0.39, 0.29) is 0 Å². The van der Waals surface area contributed by atoms with E-state index < -0.39 is 0 Å². The van der Waals surface area contributed by atoms with Gasteiger partial charge >= 0.3 is 0 Å². The van der Waals surface area contributed by atoms with Gasteiger partial charge in [-0.1, -0.05) is 19.9 Å². The van der Waals surface area contributed by atoms with Gasteiger partial charge in [-0.15, -0.1) is 0 Å². The fourth-order valence-corrected chi connectivity index (χ4v) is 1.35. The first-order chi connectivity index (χ1) is 7.27. The SMILES string of the molecule is CC.Cc1ncccc1-c1cnn(C)c1. The van der Waals surface area contributed by atoms with Gasteiger partial charge in [0.2, 0.25) is 0 Å². The molecule has 0 radical (unpaired) electrons. The molecule has 0 bridgehead atoms. The molecule has 0 saturated carbocycles. The molecule has 0 unspecified atom stereocenters. The van der Waals surface area contributed by atoms with Gasteiger partial charge in [0.1, 0.15) is 0 Å². The van der Waals surface area contributed by atoms with Crippen LogP contribution in [0, 0.1) is 6.92 Å². The Balaban J connectivity index is 0.000000531. The lowest BCUT2D eigenvalue weighted by molar-refractivity contribution is 0.768. The predicted molar refractivity (Wildman–Crippen MR) is 62.5 cm³/mol. The average molecular weight is 203 g/mol. The van der Waals surface area contributed by atoms with Gasteiger partial charge in [-0.3, -0.25) is 9.67 Å². The quantitative estimate of drug-likeness (QED) is 0.713. The molecule has 15 heavy (non-hydrogen) atoms. The van der Waals surface area contributed by atoms with Gasteiger partial charge in [-0.05, 0) is 13.0 Å². The van der Waals surface area contributed by atoms with Crippen LogP contribution >= 0.6 is 0 Å². The van der Waals surface area contributed by atoms with E-state index in [9.17, 15) is 0 Å². The van der Waals surface area contributed by atoms with Crippen LogP contribution in [0.3, 0.4) is 0 Å². The molecular formula is C12H17N3. The van der Waals surface area contributed by atoms with Crippen molar-refractivity contribution in [1.29, 1.82) is 0 Å². The summed E-state index contributed by atoms with van der Waals surface area (Å²) in [6.45, 7) is 6.00. The highest BCUT2D eigenvalue weighted by atomic mass is 15.2. The summed E-state index contributed by atoms with van der Waals surface area (Å²) < 4.78 is 1.79. The molecular weight excluding hydrogens is 186 g/mol. The summed E-state index contributed by atoms with van der Waals surface area (Å²) in [4.78, 5) is 4.23. The highest BCUT2D eigenvalue weighted by molar-refractivity contribution is 5.63. The van der Waals surface area contributed by atoms with E-state index in [0.717, 1.165) is 16.8 Å².